The van der Waals surface area contributed by atoms with Gasteiger partial charge in [0, 0.05) is 31.0 Å². The zero-order valence-corrected chi connectivity index (χ0v) is 10.1. The third kappa shape index (κ3) is 2.63. The number of hydrogen-bond acceptors (Lipinski definition) is 3. The Morgan fingerprint density at radius 1 is 1.56 bits per heavy atom. The van der Waals surface area contributed by atoms with Gasteiger partial charge in [0.1, 0.15) is 0 Å². The van der Waals surface area contributed by atoms with Crippen molar-refractivity contribution in [1.29, 1.82) is 0 Å². The Kier molecular flexibility index (Phi) is 3.05. The van der Waals surface area contributed by atoms with Crippen LogP contribution in [0.2, 0.25) is 0 Å². The topological polar surface area (TPSA) is 77.1 Å². The zero-order chi connectivity index (χ0) is 11.8. The Morgan fingerprint density at radius 2 is 2.25 bits per heavy atom. The van der Waals surface area contributed by atoms with Gasteiger partial charge in [-0.05, 0) is 25.8 Å². The van der Waals surface area contributed by atoms with E-state index < -0.39 is 10.0 Å². The van der Waals surface area contributed by atoms with Crippen molar-refractivity contribution >= 4 is 10.0 Å². The van der Waals surface area contributed by atoms with E-state index in [0.29, 0.717) is 12.6 Å². The van der Waals surface area contributed by atoms with Crippen LogP contribution in [0.3, 0.4) is 0 Å². The van der Waals surface area contributed by atoms with E-state index in [1.165, 1.54) is 12.8 Å². The summed E-state index contributed by atoms with van der Waals surface area (Å²) in [6, 6.07) is 2.26. The van der Waals surface area contributed by atoms with Crippen LogP contribution in [0.5, 0.6) is 0 Å². The number of nitrogens with one attached hydrogen (secondary N) is 1. The number of aryl methyl sites for hydroxylation is 1. The largest absolute Gasteiger partial charge is 0.349 e. The highest BCUT2D eigenvalue weighted by Gasteiger charge is 2.21. The summed E-state index contributed by atoms with van der Waals surface area (Å²) < 4.78 is 24.3. The second-order valence-corrected chi connectivity index (χ2v) is 5.71. The van der Waals surface area contributed by atoms with E-state index in [9.17, 15) is 8.42 Å². The minimum Gasteiger partial charge on any atom is -0.349 e. The van der Waals surface area contributed by atoms with Crippen LogP contribution >= 0.6 is 0 Å². The lowest BCUT2D eigenvalue weighted by atomic mass is 10.4. The molecule has 0 aromatic carbocycles. The number of nitrogens with zero attached hydrogens (tertiary/aromatic N) is 1. The van der Waals surface area contributed by atoms with Gasteiger partial charge in [-0.15, -0.1) is 0 Å². The number of sulfonamides is 1. The van der Waals surface area contributed by atoms with Gasteiger partial charge in [-0.3, -0.25) is 0 Å². The lowest BCUT2D eigenvalue weighted by Crippen LogP contribution is -2.17. The monoisotopic (exact) mass is 243 g/mol. The highest BCUT2D eigenvalue weighted by atomic mass is 32.2. The summed E-state index contributed by atoms with van der Waals surface area (Å²) in [4.78, 5) is 0.196. The van der Waals surface area contributed by atoms with Crippen molar-refractivity contribution in [1.82, 2.24) is 9.88 Å². The Labute approximate surface area is 95.7 Å². The molecule has 1 aliphatic rings. The molecule has 0 saturated heterocycles. The number of aromatic nitrogens is 1. The fourth-order valence-corrected chi connectivity index (χ4v) is 2.23. The number of primary sulfonamides is 1. The van der Waals surface area contributed by atoms with Gasteiger partial charge >= 0.3 is 0 Å². The van der Waals surface area contributed by atoms with Crippen LogP contribution in [-0.4, -0.2) is 19.0 Å². The molecule has 1 aliphatic carbocycles. The highest BCUT2D eigenvalue weighted by Crippen LogP contribution is 2.20. The molecule has 0 unspecified atom stereocenters. The molecule has 0 aliphatic heterocycles. The maximum Gasteiger partial charge on any atom is 0.239 e. The molecule has 0 spiro atoms. The molecule has 1 fully saturated rings. The average molecular weight is 243 g/mol. The maximum atomic E-state index is 11.2. The van der Waals surface area contributed by atoms with Crippen LogP contribution in [-0.2, 0) is 23.1 Å². The molecule has 16 heavy (non-hydrogen) atoms. The standard InChI is InChI=1S/C10H17N3O2S/c1-2-13-7-10(16(11,14)15)5-9(13)6-12-8-3-4-8/h5,7-8,12H,2-4,6H2,1H3,(H2,11,14,15). The van der Waals surface area contributed by atoms with Gasteiger partial charge in [0.05, 0.1) is 4.90 Å². The predicted molar refractivity (Wildman–Crippen MR) is 61.3 cm³/mol. The summed E-state index contributed by atoms with van der Waals surface area (Å²) in [6.07, 6.45) is 4.03. The van der Waals surface area contributed by atoms with Gasteiger partial charge in [0.2, 0.25) is 10.0 Å². The molecular formula is C10H17N3O2S. The van der Waals surface area contributed by atoms with Crippen molar-refractivity contribution in [2.75, 3.05) is 0 Å². The maximum absolute atomic E-state index is 11.2. The second-order valence-electron chi connectivity index (χ2n) is 4.15. The third-order valence-electron chi connectivity index (χ3n) is 2.78. The summed E-state index contributed by atoms with van der Waals surface area (Å²) in [5, 5.41) is 8.46. The van der Waals surface area contributed by atoms with Gasteiger partial charge in [-0.25, -0.2) is 13.6 Å². The SMILES string of the molecule is CCn1cc(S(N)(=O)=O)cc1CNC1CC1. The number of rotatable bonds is 5. The summed E-state index contributed by atoms with van der Waals surface area (Å²) in [5.41, 5.74) is 0.971. The van der Waals surface area contributed by atoms with Gasteiger partial charge in [0.25, 0.3) is 0 Å². The van der Waals surface area contributed by atoms with E-state index in [4.69, 9.17) is 5.14 Å². The van der Waals surface area contributed by atoms with Crippen molar-refractivity contribution in [3.63, 3.8) is 0 Å². The molecule has 0 bridgehead atoms. The van der Waals surface area contributed by atoms with Crippen molar-refractivity contribution in [2.24, 2.45) is 5.14 Å². The number of nitrogens with two attached hydrogens (primary N) is 1. The second kappa shape index (κ2) is 4.20. The summed E-state index contributed by atoms with van der Waals surface area (Å²) in [7, 11) is -3.59. The normalized spacial score (nSPS) is 16.6. The Morgan fingerprint density at radius 3 is 2.75 bits per heavy atom. The van der Waals surface area contributed by atoms with Gasteiger partial charge in [0.15, 0.2) is 0 Å². The van der Waals surface area contributed by atoms with Crippen LogP contribution in [0.25, 0.3) is 0 Å². The molecule has 1 saturated carbocycles. The average Bonchev–Trinajstić information content (AvgIpc) is 2.92. The molecule has 90 valence electrons. The Hall–Kier alpha value is -0.850. The Balaban J connectivity index is 2.18. The minimum atomic E-state index is -3.59. The third-order valence-corrected chi connectivity index (χ3v) is 3.66. The smallest absolute Gasteiger partial charge is 0.239 e. The molecule has 0 radical (unpaired) electrons. The number of hydrogen-bond donors (Lipinski definition) is 2. The van der Waals surface area contributed by atoms with Crippen molar-refractivity contribution in [3.8, 4) is 0 Å². The zero-order valence-electron chi connectivity index (χ0n) is 9.31. The molecule has 0 amide bonds. The van der Waals surface area contributed by atoms with E-state index >= 15 is 0 Å². The molecule has 1 aromatic heterocycles. The first-order valence-electron chi connectivity index (χ1n) is 5.46. The lowest BCUT2D eigenvalue weighted by Gasteiger charge is -2.06. The fraction of sp³-hybridized carbons (Fsp3) is 0.600. The first-order chi connectivity index (χ1) is 7.50. The quantitative estimate of drug-likeness (QED) is 0.786. The van der Waals surface area contributed by atoms with E-state index in [2.05, 4.69) is 5.32 Å². The Bertz CT molecular complexity index is 474. The summed E-state index contributed by atoms with van der Waals surface area (Å²) >= 11 is 0. The lowest BCUT2D eigenvalue weighted by molar-refractivity contribution is 0.597. The van der Waals surface area contributed by atoms with E-state index in [0.717, 1.165) is 12.2 Å². The van der Waals surface area contributed by atoms with Gasteiger partial charge in [-0.2, -0.15) is 0 Å². The molecular weight excluding hydrogens is 226 g/mol. The molecule has 2 rings (SSSR count). The van der Waals surface area contributed by atoms with Crippen LogP contribution < -0.4 is 10.5 Å². The van der Waals surface area contributed by atoms with E-state index in [1.54, 1.807) is 12.3 Å². The molecule has 5 nitrogen and oxygen atoms in total. The molecule has 6 heteroatoms. The first kappa shape index (κ1) is 11.6. The minimum absolute atomic E-state index is 0.196. The van der Waals surface area contributed by atoms with Crippen molar-refractivity contribution in [2.45, 2.75) is 43.8 Å². The van der Waals surface area contributed by atoms with E-state index in [1.807, 2.05) is 11.5 Å². The van der Waals surface area contributed by atoms with Gasteiger partial charge < -0.3 is 9.88 Å². The molecule has 1 aromatic rings. The predicted octanol–water partition coefficient (Wildman–Crippen LogP) is 0.407. The van der Waals surface area contributed by atoms with Crippen molar-refractivity contribution in [3.05, 3.63) is 18.0 Å². The molecule has 3 N–H and O–H groups in total. The van der Waals surface area contributed by atoms with E-state index in [-0.39, 0.29) is 4.90 Å². The highest BCUT2D eigenvalue weighted by molar-refractivity contribution is 7.89. The van der Waals surface area contributed by atoms with Crippen LogP contribution in [0.4, 0.5) is 0 Å². The van der Waals surface area contributed by atoms with Crippen molar-refractivity contribution < 1.29 is 8.42 Å². The fourth-order valence-electron chi connectivity index (χ4n) is 1.66. The van der Waals surface area contributed by atoms with Crippen LogP contribution in [0.1, 0.15) is 25.5 Å². The molecule has 0 atom stereocenters. The summed E-state index contributed by atoms with van der Waals surface area (Å²) in [6.45, 7) is 3.43. The first-order valence-corrected chi connectivity index (χ1v) is 7.00. The summed E-state index contributed by atoms with van der Waals surface area (Å²) in [5.74, 6) is 0. The molecule has 1 heterocycles. The van der Waals surface area contributed by atoms with Crippen LogP contribution in [0.15, 0.2) is 17.2 Å². The van der Waals surface area contributed by atoms with Gasteiger partial charge in [-0.1, -0.05) is 0 Å². The van der Waals surface area contributed by atoms with Crippen LogP contribution in [0, 0.1) is 0 Å².